The molecule has 0 bridgehead atoms. The lowest BCUT2D eigenvalue weighted by molar-refractivity contribution is 0.0884. The van der Waals surface area contributed by atoms with Crippen molar-refractivity contribution in [3.8, 4) is 0 Å². The molecule has 0 spiro atoms. The minimum Gasteiger partial charge on any atom is -0.273 e. The van der Waals surface area contributed by atoms with Crippen molar-refractivity contribution >= 4 is 5.91 Å². The summed E-state index contributed by atoms with van der Waals surface area (Å²) in [5.41, 5.74) is 5.24. The minimum atomic E-state index is 0.0485. The number of carbonyl (C=O) groups is 1. The molecule has 21 heavy (non-hydrogen) atoms. The van der Waals surface area contributed by atoms with E-state index in [4.69, 9.17) is 0 Å². The third-order valence-corrected chi connectivity index (χ3v) is 3.63. The lowest BCUT2D eigenvalue weighted by Gasteiger charge is -2.05. The van der Waals surface area contributed by atoms with Gasteiger partial charge in [-0.15, -0.1) is 0 Å². The van der Waals surface area contributed by atoms with E-state index in [9.17, 15) is 4.79 Å². The number of hydrogen-bond donors (Lipinski definition) is 0. The average Bonchev–Trinajstić information content (AvgIpc) is 2.73. The highest BCUT2D eigenvalue weighted by Crippen LogP contribution is 2.17. The first-order valence-corrected chi connectivity index (χ1v) is 7.25. The van der Waals surface area contributed by atoms with Gasteiger partial charge in [-0.25, -0.2) is 4.68 Å². The van der Waals surface area contributed by atoms with E-state index in [1.54, 1.807) is 4.68 Å². The Morgan fingerprint density at radius 2 is 1.90 bits per heavy atom. The fourth-order valence-corrected chi connectivity index (χ4v) is 2.48. The molecule has 0 radical (unpaired) electrons. The molecule has 0 unspecified atom stereocenters. The van der Waals surface area contributed by atoms with Crippen molar-refractivity contribution in [2.75, 3.05) is 0 Å². The molecule has 2 rings (SSSR count). The Kier molecular flexibility index (Phi) is 4.73. The lowest BCUT2D eigenvalue weighted by atomic mass is 10.1. The van der Waals surface area contributed by atoms with E-state index >= 15 is 0 Å². The highest BCUT2D eigenvalue weighted by molar-refractivity contribution is 5.79. The number of carbonyl (C=O) groups excluding carboxylic acids is 1. The smallest absolute Gasteiger partial charge is 0.247 e. The fourth-order valence-electron chi connectivity index (χ4n) is 2.48. The lowest BCUT2D eigenvalue weighted by Crippen LogP contribution is -2.15. The third-order valence-electron chi connectivity index (χ3n) is 3.63. The number of nitrogens with zero attached hydrogens (tertiary/aromatic N) is 2. The van der Waals surface area contributed by atoms with Gasteiger partial charge in [-0.05, 0) is 39.2 Å². The molecule has 0 saturated carbocycles. The zero-order chi connectivity index (χ0) is 15.4. The van der Waals surface area contributed by atoms with Gasteiger partial charge < -0.3 is 0 Å². The highest BCUT2D eigenvalue weighted by Gasteiger charge is 2.16. The van der Waals surface area contributed by atoms with Crippen molar-refractivity contribution < 1.29 is 4.79 Å². The van der Waals surface area contributed by atoms with Crippen LogP contribution in [0.1, 0.15) is 40.7 Å². The molecule has 3 nitrogen and oxygen atoms in total. The van der Waals surface area contributed by atoms with Gasteiger partial charge >= 0.3 is 0 Å². The molecule has 0 fully saturated rings. The third kappa shape index (κ3) is 3.69. The van der Waals surface area contributed by atoms with E-state index < -0.39 is 0 Å². The van der Waals surface area contributed by atoms with Crippen LogP contribution in [0.5, 0.6) is 0 Å². The standard InChI is InChI=1S/C18H22N2O/c1-13(2)12-17-14(3)19-20(15(17)4)18(21)11-10-16-8-6-5-7-9-16/h5-9H,1,10-12H2,2-4H3. The van der Waals surface area contributed by atoms with E-state index in [1.807, 2.05) is 51.1 Å². The molecule has 1 aromatic carbocycles. The van der Waals surface area contributed by atoms with Gasteiger partial charge in [0.25, 0.3) is 0 Å². The molecular formula is C18H22N2O. The Hall–Kier alpha value is -2.16. The highest BCUT2D eigenvalue weighted by atomic mass is 16.2. The first-order chi connectivity index (χ1) is 9.99. The number of aryl methyl sites for hydroxylation is 2. The Morgan fingerprint density at radius 3 is 2.52 bits per heavy atom. The van der Waals surface area contributed by atoms with Gasteiger partial charge in [0.15, 0.2) is 0 Å². The molecule has 0 aliphatic carbocycles. The monoisotopic (exact) mass is 282 g/mol. The van der Waals surface area contributed by atoms with Crippen LogP contribution in [0.4, 0.5) is 0 Å². The van der Waals surface area contributed by atoms with Crippen LogP contribution >= 0.6 is 0 Å². The summed E-state index contributed by atoms with van der Waals surface area (Å²) in [6.45, 7) is 9.84. The summed E-state index contributed by atoms with van der Waals surface area (Å²) in [5.74, 6) is 0.0485. The second-order valence-corrected chi connectivity index (χ2v) is 5.57. The predicted molar refractivity (Wildman–Crippen MR) is 85.6 cm³/mol. The van der Waals surface area contributed by atoms with Crippen molar-refractivity contribution in [1.82, 2.24) is 9.78 Å². The van der Waals surface area contributed by atoms with Crippen LogP contribution in [0.15, 0.2) is 42.5 Å². The van der Waals surface area contributed by atoms with Gasteiger partial charge in [0.1, 0.15) is 0 Å². The van der Waals surface area contributed by atoms with Crippen molar-refractivity contribution in [2.45, 2.75) is 40.0 Å². The fraction of sp³-hybridized carbons (Fsp3) is 0.333. The molecule has 1 heterocycles. The van der Waals surface area contributed by atoms with Gasteiger partial charge in [-0.3, -0.25) is 4.79 Å². The van der Waals surface area contributed by atoms with Crippen LogP contribution in [-0.4, -0.2) is 15.7 Å². The summed E-state index contributed by atoms with van der Waals surface area (Å²) in [6.07, 6.45) is 2.00. The first kappa shape index (κ1) is 15.2. The van der Waals surface area contributed by atoms with Crippen LogP contribution in [-0.2, 0) is 12.8 Å². The van der Waals surface area contributed by atoms with E-state index in [-0.39, 0.29) is 5.91 Å². The quantitative estimate of drug-likeness (QED) is 0.780. The minimum absolute atomic E-state index is 0.0485. The molecule has 0 aliphatic heterocycles. The van der Waals surface area contributed by atoms with Gasteiger partial charge in [-0.2, -0.15) is 5.10 Å². The van der Waals surface area contributed by atoms with E-state index in [2.05, 4.69) is 11.7 Å². The second kappa shape index (κ2) is 6.53. The number of allylic oxidation sites excluding steroid dienone is 1. The first-order valence-electron chi connectivity index (χ1n) is 7.25. The zero-order valence-corrected chi connectivity index (χ0v) is 13.0. The van der Waals surface area contributed by atoms with Crippen LogP contribution in [0.25, 0.3) is 0 Å². The molecule has 0 N–H and O–H groups in total. The van der Waals surface area contributed by atoms with E-state index in [0.29, 0.717) is 6.42 Å². The number of benzene rings is 1. The average molecular weight is 282 g/mol. The molecule has 0 saturated heterocycles. The van der Waals surface area contributed by atoms with Crippen LogP contribution < -0.4 is 0 Å². The number of hydrogen-bond acceptors (Lipinski definition) is 2. The SMILES string of the molecule is C=C(C)Cc1c(C)nn(C(=O)CCc2ccccc2)c1C. The van der Waals surface area contributed by atoms with Crippen molar-refractivity contribution in [3.63, 3.8) is 0 Å². The summed E-state index contributed by atoms with van der Waals surface area (Å²) >= 11 is 0. The normalized spacial score (nSPS) is 10.6. The van der Waals surface area contributed by atoms with E-state index in [1.165, 1.54) is 5.56 Å². The molecule has 110 valence electrons. The largest absolute Gasteiger partial charge is 0.273 e. The Balaban J connectivity index is 2.11. The molecule has 0 atom stereocenters. The Labute approximate surface area is 126 Å². The van der Waals surface area contributed by atoms with Crippen molar-refractivity contribution in [1.29, 1.82) is 0 Å². The van der Waals surface area contributed by atoms with Crippen LogP contribution in [0, 0.1) is 13.8 Å². The number of rotatable bonds is 5. The molecule has 2 aromatic rings. The Morgan fingerprint density at radius 1 is 1.24 bits per heavy atom. The van der Waals surface area contributed by atoms with Gasteiger partial charge in [-0.1, -0.05) is 42.5 Å². The summed E-state index contributed by atoms with van der Waals surface area (Å²) in [7, 11) is 0. The van der Waals surface area contributed by atoms with Gasteiger partial charge in [0.05, 0.1) is 5.69 Å². The Bertz CT molecular complexity index is 653. The van der Waals surface area contributed by atoms with Gasteiger partial charge in [0.2, 0.25) is 5.91 Å². The predicted octanol–water partition coefficient (Wildman–Crippen LogP) is 3.89. The maximum absolute atomic E-state index is 12.4. The molecule has 3 heteroatoms. The summed E-state index contributed by atoms with van der Waals surface area (Å²) < 4.78 is 1.55. The second-order valence-electron chi connectivity index (χ2n) is 5.57. The van der Waals surface area contributed by atoms with Gasteiger partial charge in [0, 0.05) is 17.7 Å². The van der Waals surface area contributed by atoms with Crippen LogP contribution in [0.2, 0.25) is 0 Å². The maximum Gasteiger partial charge on any atom is 0.247 e. The van der Waals surface area contributed by atoms with Crippen molar-refractivity contribution in [2.24, 2.45) is 0 Å². The molecule has 0 amide bonds. The van der Waals surface area contributed by atoms with E-state index in [0.717, 1.165) is 35.4 Å². The zero-order valence-electron chi connectivity index (χ0n) is 13.0. The topological polar surface area (TPSA) is 34.9 Å². The molecular weight excluding hydrogens is 260 g/mol. The molecule has 1 aromatic heterocycles. The summed E-state index contributed by atoms with van der Waals surface area (Å²) in [5, 5.41) is 4.40. The van der Waals surface area contributed by atoms with Crippen molar-refractivity contribution in [3.05, 3.63) is 65.0 Å². The maximum atomic E-state index is 12.4. The van der Waals surface area contributed by atoms with Crippen LogP contribution in [0.3, 0.4) is 0 Å². The summed E-state index contributed by atoms with van der Waals surface area (Å²) in [4.78, 5) is 12.4. The summed E-state index contributed by atoms with van der Waals surface area (Å²) in [6, 6.07) is 10.1. The number of aromatic nitrogens is 2. The molecule has 0 aliphatic rings.